The summed E-state index contributed by atoms with van der Waals surface area (Å²) in [5.74, 6) is 1.48. The molecule has 1 atom stereocenters. The van der Waals surface area contributed by atoms with E-state index in [1.54, 1.807) is 0 Å². The minimum Gasteiger partial charge on any atom is -0.473 e. The number of ether oxygens (including phenoxy) is 2. The van der Waals surface area contributed by atoms with E-state index in [-0.39, 0.29) is 6.10 Å². The number of hydrogen-bond donors (Lipinski definition) is 0. The van der Waals surface area contributed by atoms with Crippen LogP contribution in [0.2, 0.25) is 0 Å². The fourth-order valence-electron chi connectivity index (χ4n) is 2.97. The molecule has 1 aromatic rings. The Morgan fingerprint density at radius 3 is 3.04 bits per heavy atom. The summed E-state index contributed by atoms with van der Waals surface area (Å²) in [6.07, 6.45) is 7.08. The maximum atomic E-state index is 6.25. The van der Waals surface area contributed by atoms with Gasteiger partial charge < -0.3 is 9.47 Å². The predicted molar refractivity (Wildman–Crippen MR) is 96.5 cm³/mol. The molecule has 1 fully saturated rings. The van der Waals surface area contributed by atoms with Gasteiger partial charge >= 0.3 is 0 Å². The first kappa shape index (κ1) is 18.9. The average Bonchev–Trinajstić information content (AvgIpc) is 2.81. The Morgan fingerprint density at radius 1 is 1.38 bits per heavy atom. The lowest BCUT2D eigenvalue weighted by Crippen LogP contribution is -2.37. The van der Waals surface area contributed by atoms with Crippen LogP contribution in [0.25, 0.3) is 0 Å². The van der Waals surface area contributed by atoms with Crippen LogP contribution in [0.1, 0.15) is 44.1 Å². The number of aryl methyl sites for hydroxylation is 2. The molecule has 0 saturated carbocycles. The number of allylic oxidation sites excluding steroid dienone is 1. The topological polar surface area (TPSA) is 47.5 Å². The van der Waals surface area contributed by atoms with Crippen molar-refractivity contribution in [2.24, 2.45) is 0 Å². The minimum atomic E-state index is 0.116. The largest absolute Gasteiger partial charge is 0.473 e. The van der Waals surface area contributed by atoms with Gasteiger partial charge in [0.25, 0.3) is 0 Å². The first-order chi connectivity index (χ1) is 11.7. The Bertz CT molecular complexity index is 499. The van der Waals surface area contributed by atoms with Crippen LogP contribution in [0.3, 0.4) is 0 Å². The van der Waals surface area contributed by atoms with E-state index in [0.29, 0.717) is 5.88 Å². The maximum absolute atomic E-state index is 6.25. The van der Waals surface area contributed by atoms with E-state index >= 15 is 0 Å². The molecule has 2 heterocycles. The first-order valence-electron chi connectivity index (χ1n) is 9.13. The number of hydrogen-bond acceptors (Lipinski definition) is 5. The molecule has 5 nitrogen and oxygen atoms in total. The molecule has 1 unspecified atom stereocenters. The van der Waals surface area contributed by atoms with Crippen LogP contribution in [0.15, 0.2) is 18.7 Å². The Morgan fingerprint density at radius 2 is 2.25 bits per heavy atom. The van der Waals surface area contributed by atoms with Gasteiger partial charge in [-0.3, -0.25) is 4.90 Å². The van der Waals surface area contributed by atoms with E-state index in [0.717, 1.165) is 76.5 Å². The summed E-state index contributed by atoms with van der Waals surface area (Å²) >= 11 is 0. The van der Waals surface area contributed by atoms with Crippen molar-refractivity contribution in [3.8, 4) is 5.88 Å². The zero-order chi connectivity index (χ0) is 17.2. The predicted octanol–water partition coefficient (Wildman–Crippen LogP) is 3.17. The molecule has 0 amide bonds. The lowest BCUT2D eigenvalue weighted by atomic mass is 10.1. The summed E-state index contributed by atoms with van der Waals surface area (Å²) in [6.45, 7) is 12.5. The third-order valence-electron chi connectivity index (χ3n) is 4.13. The molecule has 134 valence electrons. The minimum absolute atomic E-state index is 0.116. The molecule has 1 aliphatic heterocycles. The fraction of sp³-hybridized carbons (Fsp3) is 0.684. The second-order valence-electron chi connectivity index (χ2n) is 6.37. The zero-order valence-corrected chi connectivity index (χ0v) is 15.2. The fourth-order valence-corrected chi connectivity index (χ4v) is 2.97. The number of rotatable bonds is 9. The summed E-state index contributed by atoms with van der Waals surface area (Å²) in [7, 11) is 0. The SMILES string of the molecule is C=CCCC(CN1CCCOCC1)Oc1cc(CCC)nc(C)n1. The van der Waals surface area contributed by atoms with E-state index in [4.69, 9.17) is 9.47 Å². The average molecular weight is 333 g/mol. The van der Waals surface area contributed by atoms with Crippen LogP contribution >= 0.6 is 0 Å². The second kappa shape index (κ2) is 10.4. The van der Waals surface area contributed by atoms with Crippen molar-refractivity contribution >= 4 is 0 Å². The van der Waals surface area contributed by atoms with E-state index in [1.165, 1.54) is 0 Å². The first-order valence-corrected chi connectivity index (χ1v) is 9.13. The highest BCUT2D eigenvalue weighted by atomic mass is 16.5. The van der Waals surface area contributed by atoms with Crippen LogP contribution in [0.5, 0.6) is 5.88 Å². The summed E-state index contributed by atoms with van der Waals surface area (Å²) < 4.78 is 11.8. The third-order valence-corrected chi connectivity index (χ3v) is 4.13. The van der Waals surface area contributed by atoms with Crippen LogP contribution in [0, 0.1) is 6.92 Å². The molecule has 2 rings (SSSR count). The monoisotopic (exact) mass is 333 g/mol. The van der Waals surface area contributed by atoms with Crippen LogP contribution < -0.4 is 4.74 Å². The van der Waals surface area contributed by atoms with Crippen molar-refractivity contribution in [1.29, 1.82) is 0 Å². The van der Waals surface area contributed by atoms with Crippen LogP contribution in [0.4, 0.5) is 0 Å². The molecule has 0 radical (unpaired) electrons. The summed E-state index contributed by atoms with van der Waals surface area (Å²) in [5, 5.41) is 0. The molecule has 1 aromatic heterocycles. The molecule has 0 spiro atoms. The van der Waals surface area contributed by atoms with Gasteiger partial charge in [-0.25, -0.2) is 4.98 Å². The van der Waals surface area contributed by atoms with Gasteiger partial charge in [0.2, 0.25) is 5.88 Å². The van der Waals surface area contributed by atoms with Crippen LogP contribution in [-0.4, -0.2) is 53.8 Å². The highest BCUT2D eigenvalue weighted by Gasteiger charge is 2.18. The standard InChI is InChI=1S/C19H31N3O2/c1-4-6-9-18(15-22-10-7-12-23-13-11-22)24-19-14-17(8-5-2)20-16(3)21-19/h4,14,18H,1,5-13,15H2,2-3H3. The highest BCUT2D eigenvalue weighted by molar-refractivity contribution is 5.16. The summed E-state index contributed by atoms with van der Waals surface area (Å²) in [5.41, 5.74) is 1.06. The van der Waals surface area contributed by atoms with Gasteiger partial charge in [-0.2, -0.15) is 4.98 Å². The molecule has 0 N–H and O–H groups in total. The molecule has 24 heavy (non-hydrogen) atoms. The quantitative estimate of drug-likeness (QED) is 0.650. The molecule has 0 aromatic carbocycles. The van der Waals surface area contributed by atoms with E-state index in [1.807, 2.05) is 19.1 Å². The van der Waals surface area contributed by atoms with Crippen molar-refractivity contribution in [3.05, 3.63) is 30.2 Å². The molecule has 1 saturated heterocycles. The number of aromatic nitrogens is 2. The van der Waals surface area contributed by atoms with Gasteiger partial charge in [0.05, 0.1) is 6.61 Å². The van der Waals surface area contributed by atoms with Gasteiger partial charge in [-0.1, -0.05) is 19.4 Å². The summed E-state index contributed by atoms with van der Waals surface area (Å²) in [4.78, 5) is 11.4. The molecular formula is C19H31N3O2. The molecular weight excluding hydrogens is 302 g/mol. The summed E-state index contributed by atoms with van der Waals surface area (Å²) in [6, 6.07) is 1.99. The Hall–Kier alpha value is -1.46. The van der Waals surface area contributed by atoms with E-state index < -0.39 is 0 Å². The van der Waals surface area contributed by atoms with Crippen LogP contribution in [-0.2, 0) is 11.2 Å². The van der Waals surface area contributed by atoms with Crippen molar-refractivity contribution in [3.63, 3.8) is 0 Å². The molecule has 5 heteroatoms. The maximum Gasteiger partial charge on any atom is 0.217 e. The Kier molecular flexibility index (Phi) is 8.19. The van der Waals surface area contributed by atoms with Crippen molar-refractivity contribution in [2.45, 2.75) is 52.1 Å². The highest BCUT2D eigenvalue weighted by Crippen LogP contribution is 2.16. The third kappa shape index (κ3) is 6.57. The molecule has 0 bridgehead atoms. The lowest BCUT2D eigenvalue weighted by Gasteiger charge is -2.26. The van der Waals surface area contributed by atoms with Gasteiger partial charge in [0, 0.05) is 38.0 Å². The second-order valence-corrected chi connectivity index (χ2v) is 6.37. The lowest BCUT2D eigenvalue weighted by molar-refractivity contribution is 0.109. The van der Waals surface area contributed by atoms with Crippen molar-refractivity contribution in [2.75, 3.05) is 32.8 Å². The van der Waals surface area contributed by atoms with Gasteiger partial charge in [-0.05, 0) is 32.6 Å². The van der Waals surface area contributed by atoms with Gasteiger partial charge in [0.1, 0.15) is 11.9 Å². The zero-order valence-electron chi connectivity index (χ0n) is 15.2. The Balaban J connectivity index is 2.02. The smallest absolute Gasteiger partial charge is 0.217 e. The van der Waals surface area contributed by atoms with Crippen molar-refractivity contribution in [1.82, 2.24) is 14.9 Å². The molecule has 1 aliphatic rings. The van der Waals surface area contributed by atoms with Gasteiger partial charge in [-0.15, -0.1) is 6.58 Å². The molecule has 0 aliphatic carbocycles. The van der Waals surface area contributed by atoms with E-state index in [9.17, 15) is 0 Å². The Labute approximate surface area is 146 Å². The normalized spacial score (nSPS) is 17.2. The van der Waals surface area contributed by atoms with E-state index in [2.05, 4.69) is 28.4 Å². The number of nitrogens with zero attached hydrogens (tertiary/aromatic N) is 3. The van der Waals surface area contributed by atoms with Crippen molar-refractivity contribution < 1.29 is 9.47 Å². The van der Waals surface area contributed by atoms with Gasteiger partial charge in [0.15, 0.2) is 0 Å².